The molecule has 7 nitrogen and oxygen atoms in total. The van der Waals surface area contributed by atoms with Crippen LogP contribution in [0.1, 0.15) is 38.5 Å². The molecular weight excluding hydrogens is 328 g/mol. The van der Waals surface area contributed by atoms with Crippen LogP contribution in [0, 0.1) is 0 Å². The fourth-order valence-electron chi connectivity index (χ4n) is 1.69. The van der Waals surface area contributed by atoms with Crippen LogP contribution < -0.4 is 10.0 Å². The van der Waals surface area contributed by atoms with Gasteiger partial charge in [-0.05, 0) is 32.4 Å². The van der Waals surface area contributed by atoms with Crippen LogP contribution in [0.2, 0.25) is 0 Å². The monoisotopic (exact) mass is 348 g/mol. The Hall–Kier alpha value is -1.45. The lowest BCUT2D eigenvalue weighted by Crippen LogP contribution is -2.43. The van der Waals surface area contributed by atoms with Crippen LogP contribution in [0.3, 0.4) is 0 Å². The molecule has 0 aliphatic carbocycles. The number of hydrogen-bond donors (Lipinski definition) is 3. The Morgan fingerprint density at radius 2 is 1.95 bits per heavy atom. The van der Waals surface area contributed by atoms with Crippen molar-refractivity contribution in [2.75, 3.05) is 0 Å². The van der Waals surface area contributed by atoms with E-state index < -0.39 is 21.5 Å². The Labute approximate surface area is 133 Å². The van der Waals surface area contributed by atoms with Crippen molar-refractivity contribution in [1.82, 2.24) is 10.0 Å². The lowest BCUT2D eigenvalue weighted by atomic mass is 10.0. The van der Waals surface area contributed by atoms with E-state index in [1.807, 2.05) is 0 Å². The maximum atomic E-state index is 12.3. The van der Waals surface area contributed by atoms with E-state index in [1.165, 1.54) is 13.0 Å². The maximum Gasteiger partial charge on any atom is 0.303 e. The standard InChI is InChI=1S/C13H20N2O5S2/c1-9(16)14-8-10-4-5-12(21-10)22(19,20)15-13(2,3)7-6-11(17)18/h4-5,15H,6-8H2,1-3H3,(H,14,16)(H,17,18). The normalized spacial score (nSPS) is 12.1. The summed E-state index contributed by atoms with van der Waals surface area (Å²) in [5.74, 6) is -1.16. The van der Waals surface area contributed by atoms with Crippen molar-refractivity contribution in [2.24, 2.45) is 0 Å². The SMILES string of the molecule is CC(=O)NCc1ccc(S(=O)(=O)NC(C)(C)CCC(=O)O)s1. The fraction of sp³-hybridized carbons (Fsp3) is 0.538. The molecule has 0 radical (unpaired) electrons. The highest BCUT2D eigenvalue weighted by atomic mass is 32.2. The second kappa shape index (κ2) is 7.21. The molecule has 0 aliphatic heterocycles. The molecule has 3 N–H and O–H groups in total. The Balaban J connectivity index is 2.77. The summed E-state index contributed by atoms with van der Waals surface area (Å²) in [5.41, 5.74) is -0.862. The number of carbonyl (C=O) groups excluding carboxylic acids is 1. The number of aliphatic carboxylic acids is 1. The van der Waals surface area contributed by atoms with Crippen molar-refractivity contribution in [3.63, 3.8) is 0 Å². The Kier molecular flexibility index (Phi) is 6.09. The van der Waals surface area contributed by atoms with Gasteiger partial charge in [0.15, 0.2) is 0 Å². The highest BCUT2D eigenvalue weighted by Gasteiger charge is 2.27. The number of thiophene rings is 1. The van der Waals surface area contributed by atoms with E-state index >= 15 is 0 Å². The number of hydrogen-bond acceptors (Lipinski definition) is 5. The van der Waals surface area contributed by atoms with Gasteiger partial charge < -0.3 is 10.4 Å². The Morgan fingerprint density at radius 1 is 1.32 bits per heavy atom. The molecule has 1 heterocycles. The third-order valence-corrected chi connectivity index (χ3v) is 6.06. The average molecular weight is 348 g/mol. The van der Waals surface area contributed by atoms with Gasteiger partial charge in [-0.1, -0.05) is 0 Å². The summed E-state index contributed by atoms with van der Waals surface area (Å²) in [6, 6.07) is 3.11. The number of amides is 1. The lowest BCUT2D eigenvalue weighted by Gasteiger charge is -2.24. The van der Waals surface area contributed by atoms with Crippen molar-refractivity contribution in [3.05, 3.63) is 17.0 Å². The number of carbonyl (C=O) groups is 2. The third-order valence-electron chi connectivity index (χ3n) is 2.79. The Bertz CT molecular complexity index is 649. The Morgan fingerprint density at radius 3 is 2.50 bits per heavy atom. The molecule has 0 bridgehead atoms. The average Bonchev–Trinajstić information content (AvgIpc) is 2.82. The van der Waals surface area contributed by atoms with Crippen molar-refractivity contribution < 1.29 is 23.1 Å². The van der Waals surface area contributed by atoms with Crippen LogP contribution in [-0.2, 0) is 26.2 Å². The number of sulfonamides is 1. The first-order valence-electron chi connectivity index (χ1n) is 6.61. The van der Waals surface area contributed by atoms with Crippen molar-refractivity contribution in [3.8, 4) is 0 Å². The van der Waals surface area contributed by atoms with Crippen LogP contribution in [0.4, 0.5) is 0 Å². The first kappa shape index (κ1) is 18.6. The minimum Gasteiger partial charge on any atom is -0.481 e. The molecule has 124 valence electrons. The topological polar surface area (TPSA) is 113 Å². The summed E-state index contributed by atoms with van der Waals surface area (Å²) in [6.07, 6.45) is 0.0689. The van der Waals surface area contributed by atoms with Crippen molar-refractivity contribution in [1.29, 1.82) is 0 Å². The summed E-state index contributed by atoms with van der Waals surface area (Å²) >= 11 is 1.07. The van der Waals surface area contributed by atoms with Crippen molar-refractivity contribution >= 4 is 33.2 Å². The molecule has 1 aromatic rings. The van der Waals surface area contributed by atoms with E-state index in [4.69, 9.17) is 5.11 Å². The summed E-state index contributed by atoms with van der Waals surface area (Å²) in [4.78, 5) is 22.2. The van der Waals surface area contributed by atoms with E-state index in [2.05, 4.69) is 10.0 Å². The van der Waals surface area contributed by atoms with Gasteiger partial charge in [-0.3, -0.25) is 9.59 Å². The number of carboxylic acid groups (broad SMARTS) is 1. The summed E-state index contributed by atoms with van der Waals surface area (Å²) in [7, 11) is -3.72. The summed E-state index contributed by atoms with van der Waals surface area (Å²) < 4.78 is 27.3. The molecule has 9 heteroatoms. The van der Waals surface area contributed by atoms with Gasteiger partial charge >= 0.3 is 5.97 Å². The van der Waals surface area contributed by atoms with Gasteiger partial charge in [-0.25, -0.2) is 13.1 Å². The zero-order chi connectivity index (χ0) is 17.0. The molecule has 22 heavy (non-hydrogen) atoms. The van der Waals surface area contributed by atoms with E-state index in [1.54, 1.807) is 19.9 Å². The van der Waals surface area contributed by atoms with Gasteiger partial charge in [-0.15, -0.1) is 11.3 Å². The van der Waals surface area contributed by atoms with Gasteiger partial charge in [0.2, 0.25) is 5.91 Å². The van der Waals surface area contributed by atoms with Crippen molar-refractivity contribution in [2.45, 2.75) is 49.9 Å². The molecule has 1 amide bonds. The van der Waals surface area contributed by atoms with E-state index in [9.17, 15) is 18.0 Å². The second-order valence-electron chi connectivity index (χ2n) is 5.51. The van der Waals surface area contributed by atoms with E-state index in [0.717, 1.165) is 16.2 Å². The lowest BCUT2D eigenvalue weighted by molar-refractivity contribution is -0.137. The zero-order valence-corrected chi connectivity index (χ0v) is 14.3. The molecule has 1 aromatic heterocycles. The number of carboxylic acids is 1. The second-order valence-corrected chi connectivity index (χ2v) is 8.59. The largest absolute Gasteiger partial charge is 0.481 e. The van der Waals surface area contributed by atoms with Crippen LogP contribution in [0.5, 0.6) is 0 Å². The van der Waals surface area contributed by atoms with Gasteiger partial charge in [0.25, 0.3) is 10.0 Å². The molecule has 0 fully saturated rings. The summed E-state index contributed by atoms with van der Waals surface area (Å²) in [6.45, 7) is 4.94. The molecule has 0 atom stereocenters. The fourth-order valence-corrected chi connectivity index (χ4v) is 4.43. The van der Waals surface area contributed by atoms with Crippen LogP contribution in [-0.4, -0.2) is 30.9 Å². The van der Waals surface area contributed by atoms with E-state index in [0.29, 0.717) is 0 Å². The minimum atomic E-state index is -3.72. The molecule has 0 saturated carbocycles. The molecule has 0 unspecified atom stereocenters. The minimum absolute atomic E-state index is 0.117. The number of nitrogens with one attached hydrogen (secondary N) is 2. The van der Waals surface area contributed by atoms with Gasteiger partial charge in [0.1, 0.15) is 4.21 Å². The van der Waals surface area contributed by atoms with Crippen LogP contribution in [0.25, 0.3) is 0 Å². The van der Waals surface area contributed by atoms with Crippen LogP contribution >= 0.6 is 11.3 Å². The molecule has 0 aliphatic rings. The van der Waals surface area contributed by atoms with Crippen LogP contribution in [0.15, 0.2) is 16.3 Å². The summed E-state index contributed by atoms with van der Waals surface area (Å²) in [5, 5.41) is 11.3. The quantitative estimate of drug-likeness (QED) is 0.655. The predicted octanol–water partition coefficient (Wildman–Crippen LogP) is 1.31. The molecule has 1 rings (SSSR count). The molecule has 0 spiro atoms. The first-order chi connectivity index (χ1) is 10.0. The number of rotatable bonds is 8. The van der Waals surface area contributed by atoms with Gasteiger partial charge in [-0.2, -0.15) is 0 Å². The first-order valence-corrected chi connectivity index (χ1v) is 8.91. The highest BCUT2D eigenvalue weighted by Crippen LogP contribution is 2.24. The highest BCUT2D eigenvalue weighted by molar-refractivity contribution is 7.91. The molecule has 0 saturated heterocycles. The molecular formula is C13H20N2O5S2. The molecule has 0 aromatic carbocycles. The zero-order valence-electron chi connectivity index (χ0n) is 12.7. The van der Waals surface area contributed by atoms with E-state index in [-0.39, 0.29) is 29.5 Å². The predicted molar refractivity (Wildman–Crippen MR) is 83.1 cm³/mol. The third kappa shape index (κ3) is 6.12. The van der Waals surface area contributed by atoms with Gasteiger partial charge in [0, 0.05) is 23.8 Å². The maximum absolute atomic E-state index is 12.3. The smallest absolute Gasteiger partial charge is 0.303 e. The van der Waals surface area contributed by atoms with Gasteiger partial charge in [0.05, 0.1) is 6.54 Å².